The number of halogens is 1. The Labute approximate surface area is 224 Å². The first-order valence-electron chi connectivity index (χ1n) is 12.0. The summed E-state index contributed by atoms with van der Waals surface area (Å²) in [5.41, 5.74) is 0.902. The first kappa shape index (κ1) is 30.2. The van der Waals surface area contributed by atoms with E-state index >= 15 is 0 Å². The smallest absolute Gasteiger partial charge is 0.244 e. The molecule has 0 fully saturated rings. The van der Waals surface area contributed by atoms with Gasteiger partial charge in [0.25, 0.3) is 0 Å². The molecule has 2 atom stereocenters. The Morgan fingerprint density at radius 1 is 1.03 bits per heavy atom. The second-order valence-corrected chi connectivity index (χ2v) is 11.0. The summed E-state index contributed by atoms with van der Waals surface area (Å²) < 4.78 is 37.3. The van der Waals surface area contributed by atoms with Gasteiger partial charge in [-0.2, -0.15) is 0 Å². The molecule has 1 N–H and O–H groups in total. The van der Waals surface area contributed by atoms with Gasteiger partial charge in [0.15, 0.2) is 0 Å². The molecule has 0 aromatic heterocycles. The SMILES string of the molecule is CC[C@H](C(=O)N[C@@H](C)CC)N(Cc1ccc(Cl)cc1)C(=O)CN(c1cc(OC)ccc1OC)S(C)(=O)=O. The van der Waals surface area contributed by atoms with Crippen molar-refractivity contribution >= 4 is 39.1 Å². The zero-order valence-corrected chi connectivity index (χ0v) is 23.7. The number of benzene rings is 2. The lowest BCUT2D eigenvalue weighted by molar-refractivity contribution is -0.140. The monoisotopic (exact) mass is 553 g/mol. The minimum atomic E-state index is -3.93. The van der Waals surface area contributed by atoms with E-state index in [1.54, 1.807) is 36.4 Å². The molecule has 2 amide bonds. The van der Waals surface area contributed by atoms with E-state index in [2.05, 4.69) is 5.32 Å². The van der Waals surface area contributed by atoms with Crippen molar-refractivity contribution in [3.8, 4) is 11.5 Å². The zero-order valence-electron chi connectivity index (χ0n) is 22.2. The maximum absolute atomic E-state index is 13.8. The molecule has 0 aliphatic carbocycles. The highest BCUT2D eigenvalue weighted by Gasteiger charge is 2.33. The topological polar surface area (TPSA) is 105 Å². The van der Waals surface area contributed by atoms with Gasteiger partial charge in [-0.05, 0) is 49.6 Å². The lowest BCUT2D eigenvalue weighted by Crippen LogP contribution is -2.53. The van der Waals surface area contributed by atoms with Crippen molar-refractivity contribution in [2.75, 3.05) is 31.3 Å². The molecule has 0 heterocycles. The number of nitrogens with zero attached hydrogens (tertiary/aromatic N) is 2. The lowest BCUT2D eigenvalue weighted by atomic mass is 10.1. The van der Waals surface area contributed by atoms with Gasteiger partial charge in [0.2, 0.25) is 21.8 Å². The Hall–Kier alpha value is -2.98. The molecule has 2 aromatic rings. The Balaban J connectivity index is 2.52. The van der Waals surface area contributed by atoms with Crippen molar-refractivity contribution in [3.05, 3.63) is 53.1 Å². The fourth-order valence-electron chi connectivity index (χ4n) is 3.73. The van der Waals surface area contributed by atoms with Crippen LogP contribution in [0.1, 0.15) is 39.2 Å². The molecule has 2 aromatic carbocycles. The summed E-state index contributed by atoms with van der Waals surface area (Å²) in [4.78, 5) is 28.4. The van der Waals surface area contributed by atoms with E-state index in [1.165, 1.54) is 25.2 Å². The molecule has 0 bridgehead atoms. The Morgan fingerprint density at radius 2 is 1.68 bits per heavy atom. The van der Waals surface area contributed by atoms with Crippen LogP contribution >= 0.6 is 11.6 Å². The summed E-state index contributed by atoms with van der Waals surface area (Å²) in [5, 5.41) is 3.48. The Bertz CT molecular complexity index is 1170. The van der Waals surface area contributed by atoms with E-state index in [1.807, 2.05) is 20.8 Å². The van der Waals surface area contributed by atoms with E-state index in [-0.39, 0.29) is 29.9 Å². The fourth-order valence-corrected chi connectivity index (χ4v) is 4.70. The third-order valence-corrected chi connectivity index (χ3v) is 7.37. The van der Waals surface area contributed by atoms with Crippen LogP contribution in [0.3, 0.4) is 0 Å². The molecule has 37 heavy (non-hydrogen) atoms. The van der Waals surface area contributed by atoms with Crippen molar-refractivity contribution in [2.45, 2.75) is 52.2 Å². The predicted molar refractivity (Wildman–Crippen MR) is 146 cm³/mol. The number of hydrogen-bond acceptors (Lipinski definition) is 6. The molecule has 0 aliphatic rings. The maximum Gasteiger partial charge on any atom is 0.244 e. The predicted octanol–water partition coefficient (Wildman–Crippen LogP) is 3.85. The van der Waals surface area contributed by atoms with Crippen LogP contribution in [0, 0.1) is 0 Å². The molecule has 0 aliphatic heterocycles. The van der Waals surface area contributed by atoms with Gasteiger partial charge in [-0.25, -0.2) is 8.42 Å². The highest BCUT2D eigenvalue weighted by molar-refractivity contribution is 7.92. The quantitative estimate of drug-likeness (QED) is 0.404. The number of rotatable bonds is 13. The summed E-state index contributed by atoms with van der Waals surface area (Å²) in [6.07, 6.45) is 2.07. The van der Waals surface area contributed by atoms with Crippen molar-refractivity contribution in [3.63, 3.8) is 0 Å². The van der Waals surface area contributed by atoms with Crippen molar-refractivity contribution in [2.24, 2.45) is 0 Å². The first-order chi connectivity index (χ1) is 17.4. The number of amides is 2. The van der Waals surface area contributed by atoms with Crippen LogP contribution in [0.5, 0.6) is 11.5 Å². The van der Waals surface area contributed by atoms with Gasteiger partial charge in [0.05, 0.1) is 26.2 Å². The van der Waals surface area contributed by atoms with Crippen molar-refractivity contribution < 1.29 is 27.5 Å². The first-order valence-corrected chi connectivity index (χ1v) is 14.2. The maximum atomic E-state index is 13.8. The second kappa shape index (κ2) is 13.5. The van der Waals surface area contributed by atoms with E-state index in [4.69, 9.17) is 21.1 Å². The molecule has 2 rings (SSSR count). The van der Waals surface area contributed by atoms with E-state index < -0.39 is 28.5 Å². The summed E-state index contributed by atoms with van der Waals surface area (Å²) in [7, 11) is -1.06. The van der Waals surface area contributed by atoms with E-state index in [9.17, 15) is 18.0 Å². The number of nitrogens with one attached hydrogen (secondary N) is 1. The third-order valence-electron chi connectivity index (χ3n) is 5.99. The molecule has 0 saturated carbocycles. The van der Waals surface area contributed by atoms with Crippen molar-refractivity contribution in [1.29, 1.82) is 0 Å². The molecule has 9 nitrogen and oxygen atoms in total. The van der Waals surface area contributed by atoms with Gasteiger partial charge >= 0.3 is 0 Å². The number of hydrogen-bond donors (Lipinski definition) is 1. The summed E-state index contributed by atoms with van der Waals surface area (Å²) >= 11 is 6.02. The number of methoxy groups -OCH3 is 2. The normalized spacial score (nSPS) is 12.8. The molecular weight excluding hydrogens is 518 g/mol. The second-order valence-electron chi connectivity index (χ2n) is 8.70. The van der Waals surface area contributed by atoms with Gasteiger partial charge < -0.3 is 19.7 Å². The van der Waals surface area contributed by atoms with Crippen LogP contribution in [-0.2, 0) is 26.2 Å². The largest absolute Gasteiger partial charge is 0.497 e. The fraction of sp³-hybridized carbons (Fsp3) is 0.462. The van der Waals surface area contributed by atoms with Gasteiger partial charge in [-0.1, -0.05) is 37.6 Å². The summed E-state index contributed by atoms with van der Waals surface area (Å²) in [5.74, 6) is -0.195. The van der Waals surface area contributed by atoms with Gasteiger partial charge in [-0.15, -0.1) is 0 Å². The average molecular weight is 554 g/mol. The molecule has 0 saturated heterocycles. The Morgan fingerprint density at radius 3 is 2.19 bits per heavy atom. The highest BCUT2D eigenvalue weighted by Crippen LogP contribution is 2.34. The number of anilines is 1. The molecule has 204 valence electrons. The summed E-state index contributed by atoms with van der Waals surface area (Å²) in [6.45, 7) is 5.20. The van der Waals surface area contributed by atoms with Crippen LogP contribution in [0.25, 0.3) is 0 Å². The van der Waals surface area contributed by atoms with Crippen LogP contribution < -0.4 is 19.1 Å². The molecular formula is C26H36ClN3O6S. The van der Waals surface area contributed by atoms with Crippen LogP contribution in [-0.4, -0.2) is 64.2 Å². The Kier molecular flexibility index (Phi) is 11.1. The van der Waals surface area contributed by atoms with Gasteiger partial charge in [0.1, 0.15) is 24.1 Å². The standard InChI is InChI=1S/C26H36ClN3O6S/c1-7-18(3)28-26(32)22(8-2)29(16-19-9-11-20(27)12-10-19)25(31)17-30(37(6,33)34)23-15-21(35-4)13-14-24(23)36-5/h9-15,18,22H,7-8,16-17H2,1-6H3,(H,28,32)/t18-,22+/m0/s1. The van der Waals surface area contributed by atoms with Crippen LogP contribution in [0.4, 0.5) is 5.69 Å². The molecule has 0 spiro atoms. The third kappa shape index (κ3) is 8.26. The molecule has 0 radical (unpaired) electrons. The lowest BCUT2D eigenvalue weighted by Gasteiger charge is -2.33. The number of sulfonamides is 1. The zero-order chi connectivity index (χ0) is 27.8. The minimum absolute atomic E-state index is 0.0809. The number of carbonyl (C=O) groups is 2. The minimum Gasteiger partial charge on any atom is -0.497 e. The van der Waals surface area contributed by atoms with Gasteiger partial charge in [-0.3, -0.25) is 13.9 Å². The van der Waals surface area contributed by atoms with Crippen LogP contribution in [0.15, 0.2) is 42.5 Å². The van der Waals surface area contributed by atoms with E-state index in [0.717, 1.165) is 22.5 Å². The number of ether oxygens (including phenoxy) is 2. The van der Waals surface area contributed by atoms with Crippen molar-refractivity contribution in [1.82, 2.24) is 10.2 Å². The van der Waals surface area contributed by atoms with E-state index in [0.29, 0.717) is 17.2 Å². The molecule has 11 heteroatoms. The molecule has 0 unspecified atom stereocenters. The highest BCUT2D eigenvalue weighted by atomic mass is 35.5. The average Bonchev–Trinajstić information content (AvgIpc) is 2.86. The van der Waals surface area contributed by atoms with Crippen LogP contribution in [0.2, 0.25) is 5.02 Å². The number of carbonyl (C=O) groups excluding carboxylic acids is 2. The van der Waals surface area contributed by atoms with Gasteiger partial charge in [0, 0.05) is 23.7 Å². The summed E-state index contributed by atoms with van der Waals surface area (Å²) in [6, 6.07) is 10.7.